The first kappa shape index (κ1) is 15.2. The SMILES string of the molecule is CC1CCC(OC(=O)c2nc(C(C)C)ncc2Cl)CC1. The average Bonchev–Trinajstić information content (AvgIpc) is 2.41. The fourth-order valence-corrected chi connectivity index (χ4v) is 2.52. The number of esters is 1. The second-order valence-electron chi connectivity index (χ2n) is 5.87. The van der Waals surface area contributed by atoms with E-state index in [1.165, 1.54) is 6.20 Å². The first-order chi connectivity index (χ1) is 9.47. The summed E-state index contributed by atoms with van der Waals surface area (Å²) < 4.78 is 5.53. The highest BCUT2D eigenvalue weighted by Gasteiger charge is 2.24. The number of halogens is 1. The maximum Gasteiger partial charge on any atom is 0.358 e. The number of nitrogens with zero attached hydrogens (tertiary/aromatic N) is 2. The molecule has 0 N–H and O–H groups in total. The molecule has 1 aliphatic rings. The molecule has 20 heavy (non-hydrogen) atoms. The number of carbonyl (C=O) groups is 1. The quantitative estimate of drug-likeness (QED) is 0.791. The maximum atomic E-state index is 12.2. The van der Waals surface area contributed by atoms with Crippen LogP contribution in [0.1, 0.15) is 68.7 Å². The number of aromatic nitrogens is 2. The van der Waals surface area contributed by atoms with E-state index in [-0.39, 0.29) is 22.7 Å². The van der Waals surface area contributed by atoms with Crippen molar-refractivity contribution >= 4 is 17.6 Å². The molecule has 0 spiro atoms. The lowest BCUT2D eigenvalue weighted by Gasteiger charge is -2.25. The van der Waals surface area contributed by atoms with E-state index in [1.807, 2.05) is 13.8 Å². The summed E-state index contributed by atoms with van der Waals surface area (Å²) in [6.07, 6.45) is 5.52. The molecule has 0 saturated heterocycles. The van der Waals surface area contributed by atoms with Crippen molar-refractivity contribution in [2.45, 2.75) is 58.5 Å². The van der Waals surface area contributed by atoms with Gasteiger partial charge in [0.1, 0.15) is 11.9 Å². The molecule has 0 amide bonds. The fourth-order valence-electron chi connectivity index (χ4n) is 2.36. The maximum absolute atomic E-state index is 12.2. The Morgan fingerprint density at radius 3 is 2.60 bits per heavy atom. The van der Waals surface area contributed by atoms with Crippen LogP contribution in [0.4, 0.5) is 0 Å². The van der Waals surface area contributed by atoms with E-state index >= 15 is 0 Å². The lowest BCUT2D eigenvalue weighted by atomic mass is 9.89. The third-order valence-corrected chi connectivity index (χ3v) is 3.99. The number of rotatable bonds is 3. The standard InChI is InChI=1S/C15H21ClN2O2/c1-9(2)14-17-8-12(16)13(18-14)15(19)20-11-6-4-10(3)5-7-11/h8-11H,4-7H2,1-3H3. The van der Waals surface area contributed by atoms with Crippen LogP contribution in [0.15, 0.2) is 6.20 Å². The summed E-state index contributed by atoms with van der Waals surface area (Å²) in [7, 11) is 0. The van der Waals surface area contributed by atoms with Crippen molar-refractivity contribution in [3.05, 3.63) is 22.7 Å². The lowest BCUT2D eigenvalue weighted by Crippen LogP contribution is -2.24. The molecule has 0 unspecified atom stereocenters. The van der Waals surface area contributed by atoms with Gasteiger partial charge < -0.3 is 4.74 Å². The van der Waals surface area contributed by atoms with Crippen LogP contribution in [0.2, 0.25) is 5.02 Å². The van der Waals surface area contributed by atoms with Gasteiger partial charge in [0.2, 0.25) is 0 Å². The van der Waals surface area contributed by atoms with Crippen molar-refractivity contribution in [1.82, 2.24) is 9.97 Å². The van der Waals surface area contributed by atoms with Crippen molar-refractivity contribution in [2.24, 2.45) is 5.92 Å². The zero-order valence-electron chi connectivity index (χ0n) is 12.2. The van der Waals surface area contributed by atoms with Gasteiger partial charge in [-0.1, -0.05) is 32.4 Å². The van der Waals surface area contributed by atoms with Crippen LogP contribution in [0, 0.1) is 5.92 Å². The average molecular weight is 297 g/mol. The van der Waals surface area contributed by atoms with Crippen LogP contribution in [-0.2, 0) is 4.74 Å². The van der Waals surface area contributed by atoms with Crippen LogP contribution in [0.25, 0.3) is 0 Å². The van der Waals surface area contributed by atoms with Gasteiger partial charge in [-0.05, 0) is 31.6 Å². The topological polar surface area (TPSA) is 52.1 Å². The van der Waals surface area contributed by atoms with Gasteiger partial charge in [-0.2, -0.15) is 0 Å². The summed E-state index contributed by atoms with van der Waals surface area (Å²) in [5.41, 5.74) is 0.184. The zero-order chi connectivity index (χ0) is 14.7. The van der Waals surface area contributed by atoms with Gasteiger partial charge in [0.25, 0.3) is 0 Å². The molecular weight excluding hydrogens is 276 g/mol. The Hall–Kier alpha value is -1.16. The third kappa shape index (κ3) is 3.69. The van der Waals surface area contributed by atoms with Gasteiger partial charge in [-0.25, -0.2) is 14.8 Å². The van der Waals surface area contributed by atoms with E-state index < -0.39 is 5.97 Å². The molecular formula is C15H21ClN2O2. The minimum atomic E-state index is -0.432. The van der Waals surface area contributed by atoms with Crippen molar-refractivity contribution in [3.63, 3.8) is 0 Å². The Kier molecular flexibility index (Phi) is 4.97. The second-order valence-corrected chi connectivity index (χ2v) is 6.27. The van der Waals surface area contributed by atoms with Crippen molar-refractivity contribution < 1.29 is 9.53 Å². The highest BCUT2D eigenvalue weighted by Crippen LogP contribution is 2.27. The molecule has 0 bridgehead atoms. The number of hydrogen-bond donors (Lipinski definition) is 0. The van der Waals surface area contributed by atoms with Crippen molar-refractivity contribution in [2.75, 3.05) is 0 Å². The molecule has 4 nitrogen and oxygen atoms in total. The van der Waals surface area contributed by atoms with Crippen LogP contribution < -0.4 is 0 Å². The summed E-state index contributed by atoms with van der Waals surface area (Å²) in [4.78, 5) is 20.6. The van der Waals surface area contributed by atoms with Gasteiger partial charge in [0.15, 0.2) is 5.69 Å². The number of hydrogen-bond acceptors (Lipinski definition) is 4. The monoisotopic (exact) mass is 296 g/mol. The summed E-state index contributed by atoms with van der Waals surface area (Å²) in [6.45, 7) is 6.18. The van der Waals surface area contributed by atoms with E-state index in [1.54, 1.807) is 0 Å². The molecule has 1 aromatic heterocycles. The minimum absolute atomic E-state index is 0.00719. The Morgan fingerprint density at radius 2 is 2.00 bits per heavy atom. The van der Waals surface area contributed by atoms with Crippen LogP contribution in [-0.4, -0.2) is 22.0 Å². The minimum Gasteiger partial charge on any atom is -0.458 e. The number of ether oxygens (including phenoxy) is 1. The first-order valence-corrected chi connectivity index (χ1v) is 7.58. The Bertz CT molecular complexity index is 483. The van der Waals surface area contributed by atoms with E-state index in [2.05, 4.69) is 16.9 Å². The molecule has 5 heteroatoms. The molecule has 1 aromatic rings. The summed E-state index contributed by atoms with van der Waals surface area (Å²) in [6, 6.07) is 0. The second kappa shape index (κ2) is 6.53. The highest BCUT2D eigenvalue weighted by atomic mass is 35.5. The molecule has 0 aliphatic heterocycles. The predicted octanol–water partition coefficient (Wildman–Crippen LogP) is 3.99. The van der Waals surface area contributed by atoms with E-state index in [9.17, 15) is 4.79 Å². The lowest BCUT2D eigenvalue weighted by molar-refractivity contribution is 0.0167. The summed E-state index contributed by atoms with van der Waals surface area (Å²) in [5.74, 6) is 1.05. The molecule has 1 aliphatic carbocycles. The van der Waals surface area contributed by atoms with Crippen molar-refractivity contribution in [3.8, 4) is 0 Å². The molecule has 0 atom stereocenters. The number of carbonyl (C=O) groups excluding carboxylic acids is 1. The van der Waals surface area contributed by atoms with Gasteiger partial charge >= 0.3 is 5.97 Å². The molecule has 1 heterocycles. The molecule has 0 radical (unpaired) electrons. The van der Waals surface area contributed by atoms with E-state index in [4.69, 9.17) is 16.3 Å². The highest BCUT2D eigenvalue weighted by molar-refractivity contribution is 6.33. The van der Waals surface area contributed by atoms with Gasteiger partial charge in [-0.3, -0.25) is 0 Å². The van der Waals surface area contributed by atoms with Crippen molar-refractivity contribution in [1.29, 1.82) is 0 Å². The van der Waals surface area contributed by atoms with Crippen LogP contribution >= 0.6 is 11.6 Å². The predicted molar refractivity (Wildman–Crippen MR) is 78.0 cm³/mol. The van der Waals surface area contributed by atoms with E-state index in [0.29, 0.717) is 5.82 Å². The summed E-state index contributed by atoms with van der Waals surface area (Å²) in [5, 5.41) is 0.253. The van der Waals surface area contributed by atoms with E-state index in [0.717, 1.165) is 31.6 Å². The normalized spacial score (nSPS) is 22.9. The fraction of sp³-hybridized carbons (Fsp3) is 0.667. The largest absolute Gasteiger partial charge is 0.458 e. The van der Waals surface area contributed by atoms with Crippen LogP contribution in [0.3, 0.4) is 0 Å². The van der Waals surface area contributed by atoms with Gasteiger partial charge in [0.05, 0.1) is 11.2 Å². The molecule has 0 aromatic carbocycles. The molecule has 2 rings (SSSR count). The summed E-state index contributed by atoms with van der Waals surface area (Å²) >= 11 is 6.01. The Balaban J connectivity index is 2.07. The third-order valence-electron chi connectivity index (χ3n) is 3.71. The van der Waals surface area contributed by atoms with Crippen LogP contribution in [0.5, 0.6) is 0 Å². The zero-order valence-corrected chi connectivity index (χ0v) is 13.0. The first-order valence-electron chi connectivity index (χ1n) is 7.20. The Morgan fingerprint density at radius 1 is 1.35 bits per heavy atom. The molecule has 1 fully saturated rings. The van der Waals surface area contributed by atoms with Gasteiger partial charge in [0, 0.05) is 5.92 Å². The molecule has 1 saturated carbocycles. The Labute approximate surface area is 124 Å². The molecule has 110 valence electrons. The van der Waals surface area contributed by atoms with Gasteiger partial charge in [-0.15, -0.1) is 0 Å². The smallest absolute Gasteiger partial charge is 0.358 e.